The summed E-state index contributed by atoms with van der Waals surface area (Å²) >= 11 is 0. The van der Waals surface area contributed by atoms with Crippen molar-refractivity contribution >= 4 is 23.3 Å². The maximum absolute atomic E-state index is 12.3. The van der Waals surface area contributed by atoms with Crippen LogP contribution in [0.5, 0.6) is 0 Å². The van der Waals surface area contributed by atoms with Crippen molar-refractivity contribution in [1.29, 1.82) is 0 Å². The fraction of sp³-hybridized carbons (Fsp3) is 0.278. The number of benzene rings is 1. The normalized spacial score (nSPS) is 14.1. The standard InChI is InChI=1S/C18H19N5O3/c1-2-3-8-23-10-13(17(19)26)18(22-23)21-20-15-14(24)9-11-6-4-5-7-12(11)16(15)25/h4-7,10,25H,2-3,8-9H2,1H3,(H2,19,26). The van der Waals surface area contributed by atoms with Crippen LogP contribution in [0.25, 0.3) is 5.76 Å². The van der Waals surface area contributed by atoms with Crippen molar-refractivity contribution in [1.82, 2.24) is 9.78 Å². The van der Waals surface area contributed by atoms with E-state index in [2.05, 4.69) is 15.3 Å². The summed E-state index contributed by atoms with van der Waals surface area (Å²) in [5.74, 6) is -1.23. The van der Waals surface area contributed by atoms with Crippen molar-refractivity contribution in [2.75, 3.05) is 0 Å². The minimum absolute atomic E-state index is 0.0283. The van der Waals surface area contributed by atoms with E-state index in [1.54, 1.807) is 28.9 Å². The Balaban J connectivity index is 1.95. The van der Waals surface area contributed by atoms with Crippen molar-refractivity contribution in [3.63, 3.8) is 0 Å². The number of allylic oxidation sites excluding steroid dienone is 1. The molecule has 1 heterocycles. The van der Waals surface area contributed by atoms with Gasteiger partial charge >= 0.3 is 0 Å². The van der Waals surface area contributed by atoms with Gasteiger partial charge in [0.2, 0.25) is 5.82 Å². The topological polar surface area (TPSA) is 123 Å². The first-order valence-corrected chi connectivity index (χ1v) is 8.35. The zero-order valence-electron chi connectivity index (χ0n) is 14.3. The number of Topliss-reactive ketones (excluding diaryl/α,β-unsaturated/α-hetero) is 1. The number of aryl methyl sites for hydroxylation is 1. The number of nitrogens with zero attached hydrogens (tertiary/aromatic N) is 4. The van der Waals surface area contributed by atoms with Crippen LogP contribution < -0.4 is 5.73 Å². The Bertz CT molecular complexity index is 927. The van der Waals surface area contributed by atoms with Crippen molar-refractivity contribution in [3.05, 3.63) is 52.8 Å². The fourth-order valence-corrected chi connectivity index (χ4v) is 2.72. The van der Waals surface area contributed by atoms with Crippen LogP contribution in [0.1, 0.15) is 41.3 Å². The average molecular weight is 353 g/mol. The highest BCUT2D eigenvalue weighted by molar-refractivity contribution is 6.05. The molecule has 2 aromatic rings. The molecule has 1 aliphatic carbocycles. The zero-order chi connectivity index (χ0) is 18.7. The highest BCUT2D eigenvalue weighted by Crippen LogP contribution is 2.29. The average Bonchev–Trinajstić information content (AvgIpc) is 3.03. The third kappa shape index (κ3) is 3.39. The molecule has 0 bridgehead atoms. The number of aliphatic hydroxyl groups excluding tert-OH is 1. The summed E-state index contributed by atoms with van der Waals surface area (Å²) in [7, 11) is 0. The summed E-state index contributed by atoms with van der Waals surface area (Å²) in [6, 6.07) is 7.05. The second-order valence-corrected chi connectivity index (χ2v) is 6.00. The van der Waals surface area contributed by atoms with Crippen molar-refractivity contribution in [2.45, 2.75) is 32.7 Å². The number of rotatable bonds is 6. The number of carbonyl (C=O) groups excluding carboxylic acids is 2. The maximum atomic E-state index is 12.3. The second-order valence-electron chi connectivity index (χ2n) is 6.00. The van der Waals surface area contributed by atoms with Gasteiger partial charge in [-0.25, -0.2) is 0 Å². The smallest absolute Gasteiger partial charge is 0.254 e. The number of aliphatic hydroxyl groups is 1. The third-order valence-electron chi connectivity index (χ3n) is 4.11. The molecule has 1 aromatic carbocycles. The van der Waals surface area contributed by atoms with E-state index in [0.29, 0.717) is 12.1 Å². The molecule has 3 N–H and O–H groups in total. The fourth-order valence-electron chi connectivity index (χ4n) is 2.72. The van der Waals surface area contributed by atoms with E-state index in [0.717, 1.165) is 18.4 Å². The molecule has 26 heavy (non-hydrogen) atoms. The van der Waals surface area contributed by atoms with E-state index >= 15 is 0 Å². The first kappa shape index (κ1) is 17.5. The molecule has 0 radical (unpaired) electrons. The molecule has 8 heteroatoms. The lowest BCUT2D eigenvalue weighted by Crippen LogP contribution is -2.14. The van der Waals surface area contributed by atoms with Crippen LogP contribution in [-0.4, -0.2) is 26.6 Å². The molecule has 0 fully saturated rings. The number of ketones is 1. The van der Waals surface area contributed by atoms with Gasteiger partial charge in [0.1, 0.15) is 5.56 Å². The summed E-state index contributed by atoms with van der Waals surface area (Å²) in [6.07, 6.45) is 3.50. The number of nitrogens with two attached hydrogens (primary N) is 1. The molecule has 0 spiro atoms. The summed E-state index contributed by atoms with van der Waals surface area (Å²) < 4.78 is 1.57. The van der Waals surface area contributed by atoms with Crippen molar-refractivity contribution in [2.24, 2.45) is 16.0 Å². The van der Waals surface area contributed by atoms with Gasteiger partial charge < -0.3 is 10.8 Å². The molecule has 3 rings (SSSR count). The van der Waals surface area contributed by atoms with Crippen LogP contribution in [0, 0.1) is 0 Å². The Labute approximate surface area is 150 Å². The Hall–Kier alpha value is -3.29. The number of fused-ring (bicyclic) bond motifs is 1. The molecular formula is C18H19N5O3. The predicted molar refractivity (Wildman–Crippen MR) is 94.9 cm³/mol. The number of hydrogen-bond donors (Lipinski definition) is 2. The summed E-state index contributed by atoms with van der Waals surface area (Å²) in [5, 5.41) is 22.3. The zero-order valence-corrected chi connectivity index (χ0v) is 14.3. The Morgan fingerprint density at radius 1 is 1.35 bits per heavy atom. The highest BCUT2D eigenvalue weighted by atomic mass is 16.3. The Morgan fingerprint density at radius 3 is 2.85 bits per heavy atom. The first-order chi connectivity index (χ1) is 12.5. The number of aromatic nitrogens is 2. The molecule has 1 amide bonds. The predicted octanol–water partition coefficient (Wildman–Crippen LogP) is 2.92. The molecule has 1 aliphatic rings. The van der Waals surface area contributed by atoms with Crippen molar-refractivity contribution in [3.8, 4) is 0 Å². The quantitative estimate of drug-likeness (QED) is 0.775. The number of carbonyl (C=O) groups is 2. The van der Waals surface area contributed by atoms with Gasteiger partial charge in [0.15, 0.2) is 17.2 Å². The number of amides is 1. The van der Waals surface area contributed by atoms with Crippen LogP contribution in [0.2, 0.25) is 0 Å². The minimum atomic E-state index is -0.680. The van der Waals surface area contributed by atoms with Crippen LogP contribution >= 0.6 is 0 Å². The molecule has 0 atom stereocenters. The van der Waals surface area contributed by atoms with E-state index in [1.807, 2.05) is 6.92 Å². The van der Waals surface area contributed by atoms with Crippen LogP contribution in [0.3, 0.4) is 0 Å². The Kier molecular flexibility index (Phi) is 4.92. The van der Waals surface area contributed by atoms with E-state index in [9.17, 15) is 14.7 Å². The monoisotopic (exact) mass is 353 g/mol. The van der Waals surface area contributed by atoms with E-state index in [4.69, 9.17) is 5.73 Å². The van der Waals surface area contributed by atoms with Gasteiger partial charge in [-0.05, 0) is 12.0 Å². The van der Waals surface area contributed by atoms with Gasteiger partial charge in [0.05, 0.1) is 0 Å². The maximum Gasteiger partial charge on any atom is 0.254 e. The number of primary amides is 1. The highest BCUT2D eigenvalue weighted by Gasteiger charge is 2.25. The van der Waals surface area contributed by atoms with Crippen LogP contribution in [-0.2, 0) is 17.8 Å². The first-order valence-electron chi connectivity index (χ1n) is 8.35. The van der Waals surface area contributed by atoms with E-state index in [1.165, 1.54) is 6.20 Å². The molecule has 0 aliphatic heterocycles. The molecular weight excluding hydrogens is 334 g/mol. The largest absolute Gasteiger partial charge is 0.505 e. The lowest BCUT2D eigenvalue weighted by atomic mass is 9.93. The second kappa shape index (κ2) is 7.30. The van der Waals surface area contributed by atoms with Gasteiger partial charge in [0, 0.05) is 24.7 Å². The molecule has 134 valence electrons. The summed E-state index contributed by atoms with van der Waals surface area (Å²) in [4.78, 5) is 23.9. The lowest BCUT2D eigenvalue weighted by molar-refractivity contribution is -0.115. The molecule has 0 unspecified atom stereocenters. The lowest BCUT2D eigenvalue weighted by Gasteiger charge is -2.15. The summed E-state index contributed by atoms with van der Waals surface area (Å²) in [5.41, 5.74) is 6.61. The number of azo groups is 1. The van der Waals surface area contributed by atoms with Gasteiger partial charge in [-0.3, -0.25) is 14.3 Å². The van der Waals surface area contributed by atoms with Gasteiger partial charge in [-0.1, -0.05) is 37.6 Å². The third-order valence-corrected chi connectivity index (χ3v) is 4.11. The van der Waals surface area contributed by atoms with E-state index in [-0.39, 0.29) is 35.0 Å². The molecule has 0 saturated heterocycles. The molecule has 1 aromatic heterocycles. The minimum Gasteiger partial charge on any atom is -0.505 e. The van der Waals surface area contributed by atoms with Crippen LogP contribution in [0.15, 0.2) is 46.4 Å². The van der Waals surface area contributed by atoms with Crippen molar-refractivity contribution < 1.29 is 14.7 Å². The molecule has 8 nitrogen and oxygen atoms in total. The van der Waals surface area contributed by atoms with Gasteiger partial charge in [-0.15, -0.1) is 10.2 Å². The number of unbranched alkanes of at least 4 members (excludes halogenated alkanes) is 1. The van der Waals surface area contributed by atoms with E-state index < -0.39 is 5.91 Å². The summed E-state index contributed by atoms with van der Waals surface area (Å²) in [6.45, 7) is 2.66. The number of hydrogen-bond acceptors (Lipinski definition) is 6. The Morgan fingerprint density at radius 2 is 2.12 bits per heavy atom. The van der Waals surface area contributed by atoms with Gasteiger partial charge in [0.25, 0.3) is 5.91 Å². The van der Waals surface area contributed by atoms with Crippen LogP contribution in [0.4, 0.5) is 5.82 Å². The SMILES string of the molecule is CCCCn1cc(C(N)=O)c(N=NC2=C(O)c3ccccc3CC2=O)n1. The molecule has 0 saturated carbocycles. The van der Waals surface area contributed by atoms with Gasteiger partial charge in [-0.2, -0.15) is 5.10 Å².